The highest BCUT2D eigenvalue weighted by Gasteiger charge is 2.39. The molecule has 0 spiro atoms. The fourth-order valence-corrected chi connectivity index (χ4v) is 4.33. The maximum atomic E-state index is 13.3. The second-order valence-electron chi connectivity index (χ2n) is 8.89. The third-order valence-electron chi connectivity index (χ3n) is 6.26. The molecule has 2 atom stereocenters. The van der Waals surface area contributed by atoms with Crippen molar-refractivity contribution in [1.82, 2.24) is 15.3 Å². The number of Topliss-reactive ketones (excluding diaryl/α,β-unsaturated/α-hetero) is 1. The number of allylic oxidation sites excluding steroid dienone is 1. The number of aryl methyl sites for hydroxylation is 1. The molecular weight excluding hydrogens is 474 g/mol. The SMILES string of the molecule is CC1=[N+]=C(C(=O)NCc2cccc(C)c2C(=O)C(C=O)=CC2CCC(=O)NC2=O)OC1c1ccccc1. The van der Waals surface area contributed by atoms with Gasteiger partial charge in [0.1, 0.15) is 0 Å². The molecule has 2 unspecified atom stereocenters. The zero-order valence-corrected chi connectivity index (χ0v) is 20.4. The van der Waals surface area contributed by atoms with E-state index in [1.807, 2.05) is 30.3 Å². The van der Waals surface area contributed by atoms with E-state index < -0.39 is 29.6 Å². The number of hydrogen-bond donors (Lipinski definition) is 2. The molecule has 0 aliphatic carbocycles. The molecule has 4 rings (SSSR count). The van der Waals surface area contributed by atoms with Gasteiger partial charge in [-0.2, -0.15) is 0 Å². The van der Waals surface area contributed by atoms with E-state index in [1.165, 1.54) is 6.08 Å². The maximum Gasteiger partial charge on any atom is 0.554 e. The van der Waals surface area contributed by atoms with Crippen molar-refractivity contribution in [3.63, 3.8) is 0 Å². The van der Waals surface area contributed by atoms with Crippen molar-refractivity contribution >= 4 is 41.4 Å². The van der Waals surface area contributed by atoms with Crippen LogP contribution in [0.1, 0.15) is 52.9 Å². The molecule has 2 aliphatic heterocycles. The number of carbonyl (C=O) groups excluding carboxylic acids is 5. The van der Waals surface area contributed by atoms with Gasteiger partial charge in [-0.1, -0.05) is 54.6 Å². The summed E-state index contributed by atoms with van der Waals surface area (Å²) in [6.07, 6.45) is 1.60. The van der Waals surface area contributed by atoms with Crippen molar-refractivity contribution < 1.29 is 28.7 Å². The van der Waals surface area contributed by atoms with Crippen LogP contribution >= 0.6 is 0 Å². The molecule has 188 valence electrons. The smallest absolute Gasteiger partial charge is 0.407 e. The minimum Gasteiger partial charge on any atom is -0.407 e. The summed E-state index contributed by atoms with van der Waals surface area (Å²) < 4.78 is 10.1. The molecule has 0 radical (unpaired) electrons. The number of aldehydes is 1. The Kier molecular flexibility index (Phi) is 7.55. The summed E-state index contributed by atoms with van der Waals surface area (Å²) in [6, 6.07) is 14.6. The first-order valence-electron chi connectivity index (χ1n) is 11.8. The first-order chi connectivity index (χ1) is 17.8. The van der Waals surface area contributed by atoms with Crippen molar-refractivity contribution in [2.75, 3.05) is 0 Å². The highest BCUT2D eigenvalue weighted by Crippen LogP contribution is 2.23. The van der Waals surface area contributed by atoms with Crippen LogP contribution in [0.15, 0.2) is 60.2 Å². The van der Waals surface area contributed by atoms with Crippen LogP contribution in [-0.2, 0) is 30.5 Å². The Hall–Kier alpha value is -4.62. The van der Waals surface area contributed by atoms with Crippen LogP contribution in [-0.4, -0.2) is 41.4 Å². The molecule has 2 aliphatic rings. The normalized spacial score (nSPS) is 19.4. The Morgan fingerprint density at radius 3 is 2.57 bits per heavy atom. The fourth-order valence-electron chi connectivity index (χ4n) is 4.33. The molecule has 0 aromatic heterocycles. The topological polar surface area (TPSA) is 133 Å². The lowest BCUT2D eigenvalue weighted by Gasteiger charge is -2.18. The number of carbonyl (C=O) groups is 5. The number of nitrogens with one attached hydrogen (secondary N) is 2. The lowest BCUT2D eigenvalue weighted by molar-refractivity contribution is -0.135. The van der Waals surface area contributed by atoms with E-state index in [4.69, 9.17) is 4.74 Å². The average Bonchev–Trinajstić information content (AvgIpc) is 3.28. The van der Waals surface area contributed by atoms with E-state index in [1.54, 1.807) is 32.0 Å². The van der Waals surface area contributed by atoms with Crippen LogP contribution in [0, 0.1) is 12.8 Å². The average molecular weight is 501 g/mol. The minimum atomic E-state index is -0.761. The summed E-state index contributed by atoms with van der Waals surface area (Å²) >= 11 is 0. The summed E-state index contributed by atoms with van der Waals surface area (Å²) in [4.78, 5) is 61.5. The van der Waals surface area contributed by atoms with E-state index in [9.17, 15) is 24.0 Å². The molecular formula is C28H26N3O6+. The van der Waals surface area contributed by atoms with E-state index in [2.05, 4.69) is 15.3 Å². The van der Waals surface area contributed by atoms with Crippen molar-refractivity contribution in [1.29, 1.82) is 0 Å². The number of benzene rings is 2. The fraction of sp³-hybridized carbons (Fsp3) is 0.250. The molecule has 0 saturated carbocycles. The van der Waals surface area contributed by atoms with Gasteiger partial charge in [0, 0.05) is 31.0 Å². The Labute approximate surface area is 213 Å². The number of piperidine rings is 1. The second-order valence-corrected chi connectivity index (χ2v) is 8.89. The van der Waals surface area contributed by atoms with Gasteiger partial charge in [-0.25, -0.2) is 0 Å². The molecule has 9 heteroatoms. The van der Waals surface area contributed by atoms with Gasteiger partial charge in [-0.3, -0.25) is 29.3 Å². The van der Waals surface area contributed by atoms with Crippen LogP contribution < -0.4 is 15.3 Å². The summed E-state index contributed by atoms with van der Waals surface area (Å²) in [6.45, 7) is 3.49. The number of ketones is 1. The van der Waals surface area contributed by atoms with Gasteiger partial charge < -0.3 is 10.1 Å². The standard InChI is InChI=1S/C28H25N3O6/c1-16-7-6-10-20(23(16)24(34)21(15-32)13-19-11-12-22(33)31-26(19)35)14-29-27(36)28-30-17(2)25(37-28)18-8-4-3-5-9-18/h3-10,13,15,19,25H,11-12,14H2,1-2H3,(H-,29,31,33,35,36)/p+1. The Balaban J connectivity index is 1.50. The maximum absolute atomic E-state index is 13.3. The van der Waals surface area contributed by atoms with Crippen LogP contribution in [0.3, 0.4) is 0 Å². The minimum absolute atomic E-state index is 0.0103. The van der Waals surface area contributed by atoms with Gasteiger partial charge in [0.25, 0.3) is 0 Å². The predicted molar refractivity (Wildman–Crippen MR) is 135 cm³/mol. The van der Waals surface area contributed by atoms with E-state index in [-0.39, 0.29) is 42.3 Å². The molecule has 0 bridgehead atoms. The first-order valence-corrected chi connectivity index (χ1v) is 11.8. The molecule has 2 heterocycles. The zero-order chi connectivity index (χ0) is 26.5. The van der Waals surface area contributed by atoms with Gasteiger partial charge in [0.15, 0.2) is 12.1 Å². The summed E-state index contributed by atoms with van der Waals surface area (Å²) in [5, 5.41) is 4.95. The van der Waals surface area contributed by atoms with E-state index in [0.717, 1.165) is 5.56 Å². The summed E-state index contributed by atoms with van der Waals surface area (Å²) in [5.41, 5.74) is 2.70. The highest BCUT2D eigenvalue weighted by molar-refractivity contribution is 6.36. The quantitative estimate of drug-likeness (QED) is 0.108. The van der Waals surface area contributed by atoms with Crippen LogP contribution in [0.2, 0.25) is 0 Å². The van der Waals surface area contributed by atoms with Crippen molar-refractivity contribution in [3.05, 3.63) is 82.4 Å². The van der Waals surface area contributed by atoms with Gasteiger partial charge in [-0.05, 0) is 29.1 Å². The van der Waals surface area contributed by atoms with Gasteiger partial charge >= 0.3 is 17.5 Å². The number of rotatable bonds is 8. The third kappa shape index (κ3) is 5.63. The number of ether oxygens (including phenoxy) is 1. The number of hydrogen-bond acceptors (Lipinski definition) is 6. The van der Waals surface area contributed by atoms with Crippen molar-refractivity contribution in [3.8, 4) is 0 Å². The molecule has 3 amide bonds. The Bertz CT molecular complexity index is 1390. The highest BCUT2D eigenvalue weighted by atomic mass is 16.5. The zero-order valence-electron chi connectivity index (χ0n) is 20.4. The lowest BCUT2D eigenvalue weighted by atomic mass is 9.90. The van der Waals surface area contributed by atoms with Crippen LogP contribution in [0.25, 0.3) is 0 Å². The Morgan fingerprint density at radius 1 is 1.11 bits per heavy atom. The van der Waals surface area contributed by atoms with Gasteiger partial charge in [0.05, 0.1) is 11.5 Å². The Morgan fingerprint density at radius 2 is 1.86 bits per heavy atom. The predicted octanol–water partition coefficient (Wildman–Crippen LogP) is 1.67. The number of amides is 3. The van der Waals surface area contributed by atoms with Gasteiger partial charge in [0.2, 0.25) is 17.9 Å². The first kappa shape index (κ1) is 25.5. The van der Waals surface area contributed by atoms with E-state index in [0.29, 0.717) is 23.1 Å². The molecule has 37 heavy (non-hydrogen) atoms. The molecule has 2 aromatic rings. The molecule has 2 aromatic carbocycles. The summed E-state index contributed by atoms with van der Waals surface area (Å²) in [7, 11) is 0. The van der Waals surface area contributed by atoms with Crippen molar-refractivity contribution in [2.45, 2.75) is 39.3 Å². The summed E-state index contributed by atoms with van der Waals surface area (Å²) in [5.74, 6) is -2.86. The number of imide groups is 1. The van der Waals surface area contributed by atoms with Crippen LogP contribution in [0.4, 0.5) is 0 Å². The third-order valence-corrected chi connectivity index (χ3v) is 6.26. The number of nitrogens with zero attached hydrogens (tertiary/aromatic N) is 1. The lowest BCUT2D eigenvalue weighted by Crippen LogP contribution is -2.40. The van der Waals surface area contributed by atoms with Gasteiger partial charge in [-0.15, -0.1) is 0 Å². The van der Waals surface area contributed by atoms with Crippen LogP contribution in [0.5, 0.6) is 0 Å². The van der Waals surface area contributed by atoms with E-state index >= 15 is 0 Å². The molecule has 9 nitrogen and oxygen atoms in total. The molecule has 1 saturated heterocycles. The monoisotopic (exact) mass is 500 g/mol. The second kappa shape index (κ2) is 11.0. The largest absolute Gasteiger partial charge is 0.554 e. The van der Waals surface area contributed by atoms with Crippen molar-refractivity contribution in [2.24, 2.45) is 5.92 Å². The molecule has 1 fully saturated rings. The molecule has 2 N–H and O–H groups in total.